The van der Waals surface area contributed by atoms with E-state index in [2.05, 4.69) is 5.16 Å². The van der Waals surface area contributed by atoms with Gasteiger partial charge in [0.1, 0.15) is 17.2 Å². The van der Waals surface area contributed by atoms with Crippen LogP contribution in [0.1, 0.15) is 32.1 Å². The topological polar surface area (TPSA) is 105 Å². The second-order valence-electron chi connectivity index (χ2n) is 7.30. The van der Waals surface area contributed by atoms with Gasteiger partial charge < -0.3 is 29.1 Å². The fourth-order valence-corrected chi connectivity index (χ4v) is 3.83. The van der Waals surface area contributed by atoms with Gasteiger partial charge in [0.25, 0.3) is 5.88 Å². The Labute approximate surface area is 156 Å². The first-order valence-corrected chi connectivity index (χ1v) is 9.45. The lowest BCUT2D eigenvalue weighted by Crippen LogP contribution is -2.38. The van der Waals surface area contributed by atoms with Crippen LogP contribution in [0.15, 0.2) is 22.7 Å². The average molecular weight is 376 g/mol. The Morgan fingerprint density at radius 2 is 2.07 bits per heavy atom. The van der Waals surface area contributed by atoms with Gasteiger partial charge in [-0.1, -0.05) is 6.07 Å². The van der Waals surface area contributed by atoms with Crippen molar-refractivity contribution in [2.24, 2.45) is 5.92 Å². The van der Waals surface area contributed by atoms with Crippen molar-refractivity contribution in [3.63, 3.8) is 0 Å². The molecule has 0 unspecified atom stereocenters. The maximum absolute atomic E-state index is 11.0. The number of piperidine rings is 1. The SMILES string of the molecule is O=C(O)N1CCC(COc2noc3cccc(O[C@@H]4CCC[C@H]4O)c23)CC1. The molecule has 1 aliphatic carbocycles. The molecule has 27 heavy (non-hydrogen) atoms. The molecule has 8 nitrogen and oxygen atoms in total. The number of carbonyl (C=O) groups is 1. The highest BCUT2D eigenvalue weighted by atomic mass is 16.5. The number of fused-ring (bicyclic) bond motifs is 1. The lowest BCUT2D eigenvalue weighted by atomic mass is 9.98. The monoisotopic (exact) mass is 376 g/mol. The Morgan fingerprint density at radius 3 is 2.78 bits per heavy atom. The predicted molar refractivity (Wildman–Crippen MR) is 96.1 cm³/mol. The lowest BCUT2D eigenvalue weighted by molar-refractivity contribution is 0.0612. The molecule has 1 aromatic carbocycles. The largest absolute Gasteiger partial charge is 0.487 e. The highest BCUT2D eigenvalue weighted by molar-refractivity contribution is 5.88. The number of hydrogen-bond donors (Lipinski definition) is 2. The number of carboxylic acid groups (broad SMARTS) is 1. The summed E-state index contributed by atoms with van der Waals surface area (Å²) in [4.78, 5) is 12.4. The van der Waals surface area contributed by atoms with Crippen molar-refractivity contribution in [2.75, 3.05) is 19.7 Å². The third kappa shape index (κ3) is 3.80. The van der Waals surface area contributed by atoms with Gasteiger partial charge in [-0.3, -0.25) is 0 Å². The summed E-state index contributed by atoms with van der Waals surface area (Å²) in [5.41, 5.74) is 0.579. The average Bonchev–Trinajstić information content (AvgIpc) is 3.27. The zero-order valence-corrected chi connectivity index (χ0v) is 15.0. The molecule has 2 atom stereocenters. The van der Waals surface area contributed by atoms with Crippen LogP contribution in [0.5, 0.6) is 11.6 Å². The summed E-state index contributed by atoms with van der Waals surface area (Å²) < 4.78 is 17.3. The van der Waals surface area contributed by atoms with Crippen LogP contribution in [0, 0.1) is 5.92 Å². The molecule has 1 amide bonds. The molecule has 1 aliphatic heterocycles. The van der Waals surface area contributed by atoms with E-state index >= 15 is 0 Å². The Bertz CT molecular complexity index is 799. The van der Waals surface area contributed by atoms with Crippen LogP contribution in [-0.2, 0) is 0 Å². The number of benzene rings is 1. The summed E-state index contributed by atoms with van der Waals surface area (Å²) in [7, 11) is 0. The van der Waals surface area contributed by atoms with Crippen molar-refractivity contribution in [3.05, 3.63) is 18.2 Å². The quantitative estimate of drug-likeness (QED) is 0.826. The Kier molecular flexibility index (Phi) is 5.07. The lowest BCUT2D eigenvalue weighted by Gasteiger charge is -2.29. The molecule has 0 radical (unpaired) electrons. The van der Waals surface area contributed by atoms with Crippen molar-refractivity contribution in [2.45, 2.75) is 44.3 Å². The number of hydrogen-bond acceptors (Lipinski definition) is 6. The summed E-state index contributed by atoms with van der Waals surface area (Å²) in [6.45, 7) is 1.50. The first-order valence-electron chi connectivity index (χ1n) is 9.45. The molecule has 8 heteroatoms. The molecule has 1 aromatic heterocycles. The number of aliphatic hydroxyl groups excluding tert-OH is 1. The molecule has 2 heterocycles. The Morgan fingerprint density at radius 1 is 1.26 bits per heavy atom. The third-order valence-corrected chi connectivity index (χ3v) is 5.47. The minimum absolute atomic E-state index is 0.223. The van der Waals surface area contributed by atoms with Crippen molar-refractivity contribution in [3.8, 4) is 11.6 Å². The summed E-state index contributed by atoms with van der Waals surface area (Å²) in [6.07, 6.45) is 2.50. The molecule has 2 N–H and O–H groups in total. The van der Waals surface area contributed by atoms with Crippen LogP contribution in [0.25, 0.3) is 11.0 Å². The predicted octanol–water partition coefficient (Wildman–Crippen LogP) is 2.89. The molecule has 2 aromatic rings. The van der Waals surface area contributed by atoms with E-state index < -0.39 is 12.2 Å². The van der Waals surface area contributed by atoms with E-state index in [4.69, 9.17) is 19.1 Å². The second-order valence-corrected chi connectivity index (χ2v) is 7.30. The Balaban J connectivity index is 1.44. The fraction of sp³-hybridized carbons (Fsp3) is 0.579. The van der Waals surface area contributed by atoms with Gasteiger partial charge in [-0.2, -0.15) is 0 Å². The zero-order valence-electron chi connectivity index (χ0n) is 15.0. The number of nitrogens with zero attached hydrogens (tertiary/aromatic N) is 2. The number of amides is 1. The minimum atomic E-state index is -0.868. The second kappa shape index (κ2) is 7.64. The third-order valence-electron chi connectivity index (χ3n) is 5.47. The minimum Gasteiger partial charge on any atom is -0.487 e. The van der Waals surface area contributed by atoms with Crippen LogP contribution in [0.4, 0.5) is 4.79 Å². The molecule has 146 valence electrons. The summed E-state index contributed by atoms with van der Waals surface area (Å²) in [5.74, 6) is 1.27. The number of aromatic nitrogens is 1. The van der Waals surface area contributed by atoms with Gasteiger partial charge in [0.05, 0.1) is 12.7 Å². The van der Waals surface area contributed by atoms with E-state index in [0.29, 0.717) is 42.3 Å². The van der Waals surface area contributed by atoms with Gasteiger partial charge in [0.2, 0.25) is 0 Å². The van der Waals surface area contributed by atoms with E-state index in [0.717, 1.165) is 32.1 Å². The Hall–Kier alpha value is -2.48. The standard InChI is InChI=1S/C19H24N2O6/c22-13-3-1-4-14(13)26-15-5-2-6-16-17(15)18(20-27-16)25-11-12-7-9-21(10-8-12)19(23)24/h2,5-6,12-14,22H,1,3-4,7-11H2,(H,23,24)/t13-,14-/m1/s1. The van der Waals surface area contributed by atoms with Crippen molar-refractivity contribution < 1.29 is 29.0 Å². The molecule has 1 saturated carbocycles. The normalized spacial score (nSPS) is 23.7. The highest BCUT2D eigenvalue weighted by Gasteiger charge is 2.29. The van der Waals surface area contributed by atoms with Crippen LogP contribution in [0.2, 0.25) is 0 Å². The van der Waals surface area contributed by atoms with Crippen molar-refractivity contribution in [1.82, 2.24) is 10.1 Å². The molecule has 4 rings (SSSR count). The van der Waals surface area contributed by atoms with Gasteiger partial charge in [-0.05, 0) is 55.3 Å². The number of ether oxygens (including phenoxy) is 2. The van der Waals surface area contributed by atoms with E-state index in [1.807, 2.05) is 12.1 Å². The summed E-state index contributed by atoms with van der Waals surface area (Å²) >= 11 is 0. The van der Waals surface area contributed by atoms with Gasteiger partial charge in [-0.15, -0.1) is 0 Å². The fourth-order valence-electron chi connectivity index (χ4n) is 3.83. The number of likely N-dealkylation sites (tertiary alicyclic amines) is 1. The maximum atomic E-state index is 11.0. The molecule has 2 aliphatic rings. The number of aliphatic hydroxyl groups is 1. The van der Waals surface area contributed by atoms with E-state index in [9.17, 15) is 9.90 Å². The van der Waals surface area contributed by atoms with Gasteiger partial charge >= 0.3 is 6.09 Å². The number of rotatable bonds is 5. The molecule has 0 bridgehead atoms. The first-order chi connectivity index (χ1) is 13.1. The van der Waals surface area contributed by atoms with Crippen LogP contribution in [0.3, 0.4) is 0 Å². The van der Waals surface area contributed by atoms with Gasteiger partial charge in [0, 0.05) is 13.1 Å². The van der Waals surface area contributed by atoms with Crippen molar-refractivity contribution in [1.29, 1.82) is 0 Å². The van der Waals surface area contributed by atoms with Crippen LogP contribution in [-0.4, -0.2) is 58.3 Å². The molecular formula is C19H24N2O6. The van der Waals surface area contributed by atoms with Crippen LogP contribution >= 0.6 is 0 Å². The van der Waals surface area contributed by atoms with Crippen molar-refractivity contribution >= 4 is 17.1 Å². The van der Waals surface area contributed by atoms with E-state index in [-0.39, 0.29) is 12.0 Å². The van der Waals surface area contributed by atoms with Gasteiger partial charge in [-0.25, -0.2) is 4.79 Å². The van der Waals surface area contributed by atoms with E-state index in [1.165, 1.54) is 4.90 Å². The first kappa shape index (κ1) is 17.9. The van der Waals surface area contributed by atoms with Gasteiger partial charge in [0.15, 0.2) is 5.58 Å². The smallest absolute Gasteiger partial charge is 0.407 e. The van der Waals surface area contributed by atoms with Crippen LogP contribution < -0.4 is 9.47 Å². The van der Waals surface area contributed by atoms with E-state index in [1.54, 1.807) is 6.07 Å². The molecule has 2 fully saturated rings. The molecule has 0 spiro atoms. The maximum Gasteiger partial charge on any atom is 0.407 e. The summed E-state index contributed by atoms with van der Waals surface area (Å²) in [6, 6.07) is 5.47. The zero-order chi connectivity index (χ0) is 18.8. The highest BCUT2D eigenvalue weighted by Crippen LogP contribution is 2.36. The summed E-state index contributed by atoms with van der Waals surface area (Å²) in [5, 5.41) is 23.8. The molecular weight excluding hydrogens is 352 g/mol. The molecule has 1 saturated heterocycles.